The number of rotatable bonds is 2. The molecule has 3 heterocycles. The third kappa shape index (κ3) is 3.78. The summed E-state index contributed by atoms with van der Waals surface area (Å²) in [5, 5.41) is 11.5. The zero-order valence-corrected chi connectivity index (χ0v) is 23.7. The summed E-state index contributed by atoms with van der Waals surface area (Å²) in [5.41, 5.74) is 1.18. The first-order valence-corrected chi connectivity index (χ1v) is 15.9. The first-order chi connectivity index (χ1) is 19.9. The summed E-state index contributed by atoms with van der Waals surface area (Å²) in [6.45, 7) is 0. The highest BCUT2D eigenvalue weighted by Crippen LogP contribution is 2.56. The van der Waals surface area contributed by atoms with Crippen LogP contribution in [0.2, 0.25) is 0 Å². The number of aromatic nitrogens is 2. The van der Waals surface area contributed by atoms with Crippen LogP contribution >= 0.6 is 22.7 Å². The van der Waals surface area contributed by atoms with Crippen LogP contribution in [0.4, 0.5) is 10.3 Å². The van der Waals surface area contributed by atoms with E-state index in [9.17, 15) is 19.5 Å². The first-order valence-electron chi connectivity index (χ1n) is 14.2. The molecule has 11 heteroatoms. The normalized spacial score (nSPS) is 27.0. The number of benzene rings is 1. The average Bonchev–Trinajstić information content (AvgIpc) is 3.72. The summed E-state index contributed by atoms with van der Waals surface area (Å²) in [7, 11) is 0. The van der Waals surface area contributed by atoms with E-state index in [0.29, 0.717) is 27.3 Å². The number of ketones is 3. The van der Waals surface area contributed by atoms with E-state index in [0.717, 1.165) is 73.2 Å². The number of nitrogens with zero attached hydrogens (tertiary/aromatic N) is 4. The van der Waals surface area contributed by atoms with E-state index in [1.54, 1.807) is 24.3 Å². The zero-order valence-electron chi connectivity index (χ0n) is 22.1. The van der Waals surface area contributed by atoms with E-state index in [2.05, 4.69) is 15.0 Å². The lowest BCUT2D eigenvalue weighted by atomic mass is 9.81. The highest BCUT2D eigenvalue weighted by molar-refractivity contribution is 7.25. The quantitative estimate of drug-likeness (QED) is 0.398. The molecule has 3 fully saturated rings. The van der Waals surface area contributed by atoms with Gasteiger partial charge in [0.25, 0.3) is 0 Å². The second kappa shape index (κ2) is 9.30. The number of carbonyl (C=O) groups excluding carboxylic acids is 3. The van der Waals surface area contributed by atoms with E-state index in [-0.39, 0.29) is 40.6 Å². The van der Waals surface area contributed by atoms with Crippen LogP contribution < -0.4 is 4.74 Å². The minimum absolute atomic E-state index is 0.0385. The van der Waals surface area contributed by atoms with Gasteiger partial charge >= 0.3 is 0 Å². The van der Waals surface area contributed by atoms with Crippen molar-refractivity contribution in [3.05, 3.63) is 41.1 Å². The predicted octanol–water partition coefficient (Wildman–Crippen LogP) is 5.85. The number of fused-ring (bicyclic) bond motifs is 6. The van der Waals surface area contributed by atoms with Gasteiger partial charge in [-0.15, -0.1) is 0 Å². The maximum absolute atomic E-state index is 13.1. The lowest BCUT2D eigenvalue weighted by Crippen LogP contribution is -2.38. The van der Waals surface area contributed by atoms with Gasteiger partial charge in [-0.2, -0.15) is 4.98 Å². The maximum atomic E-state index is 13.1. The number of aliphatic imine (C=N–C) groups is 2. The van der Waals surface area contributed by atoms with Crippen molar-refractivity contribution in [3.8, 4) is 15.6 Å². The van der Waals surface area contributed by atoms with Crippen LogP contribution in [0.25, 0.3) is 9.75 Å². The zero-order chi connectivity index (χ0) is 27.9. The lowest BCUT2D eigenvalue weighted by Gasteiger charge is -2.38. The van der Waals surface area contributed by atoms with Gasteiger partial charge in [-0.3, -0.25) is 14.4 Å². The van der Waals surface area contributed by atoms with Gasteiger partial charge < -0.3 is 9.84 Å². The summed E-state index contributed by atoms with van der Waals surface area (Å²) >= 11 is 2.61. The van der Waals surface area contributed by atoms with Crippen molar-refractivity contribution in [2.75, 3.05) is 0 Å². The predicted molar refractivity (Wildman–Crippen MR) is 154 cm³/mol. The Bertz CT molecular complexity index is 1690. The maximum Gasteiger partial charge on any atom is 0.236 e. The van der Waals surface area contributed by atoms with E-state index in [1.807, 2.05) is 0 Å². The van der Waals surface area contributed by atoms with Gasteiger partial charge in [0, 0.05) is 17.4 Å². The van der Waals surface area contributed by atoms with E-state index >= 15 is 0 Å². The molecular weight excluding hydrogens is 560 g/mol. The first kappa shape index (κ1) is 25.3. The van der Waals surface area contributed by atoms with Crippen molar-refractivity contribution >= 4 is 61.7 Å². The number of Topliss-reactive ketones (excluding diaryl/α,β-unsaturated/α-hetero) is 3. The minimum atomic E-state index is -1.11. The molecule has 1 N–H and O–H groups in total. The highest BCUT2D eigenvalue weighted by Gasteiger charge is 2.49. The molecule has 0 bridgehead atoms. The van der Waals surface area contributed by atoms with Gasteiger partial charge in [0.15, 0.2) is 22.9 Å². The molecule has 3 atom stereocenters. The van der Waals surface area contributed by atoms with Gasteiger partial charge in [0.2, 0.25) is 21.9 Å². The molecule has 41 heavy (non-hydrogen) atoms. The van der Waals surface area contributed by atoms with Gasteiger partial charge in [-0.1, -0.05) is 66.2 Å². The monoisotopic (exact) mass is 586 g/mol. The molecule has 3 unspecified atom stereocenters. The second-order valence-corrected chi connectivity index (χ2v) is 13.4. The third-order valence-electron chi connectivity index (χ3n) is 9.11. The molecule has 1 spiro atoms. The number of hydrogen-bond donors (Lipinski definition) is 1. The molecular formula is C30H26N4O5S2. The van der Waals surface area contributed by atoms with Gasteiger partial charge in [0.1, 0.15) is 22.4 Å². The minimum Gasteiger partial charge on any atom is -0.463 e. The molecule has 5 aliphatic rings. The fourth-order valence-corrected chi connectivity index (χ4v) is 9.11. The third-order valence-corrected chi connectivity index (χ3v) is 11.2. The molecule has 0 amide bonds. The van der Waals surface area contributed by atoms with E-state index < -0.39 is 11.7 Å². The van der Waals surface area contributed by atoms with Crippen molar-refractivity contribution in [1.82, 2.24) is 9.97 Å². The number of hydrogen-bond acceptors (Lipinski definition) is 11. The summed E-state index contributed by atoms with van der Waals surface area (Å²) in [6.07, 6.45) is 6.93. The van der Waals surface area contributed by atoms with Crippen LogP contribution in [-0.2, 0) is 15.2 Å². The standard InChI is InChI=1S/C30H26N4O5S2/c35-20-14-8-2-3-9-15(14)21(36)18(20)31-28-33-26-24(40-28)25-27(39-30(26)12-6-1-7-13-30)34-29(41-25)32-19-22(37)16-10-4-5-11-17(16)23(19)38/h4-5,10-11,14-15,22,37H,1-3,6-9,12-13H2. The second-order valence-electron chi connectivity index (χ2n) is 11.5. The molecule has 3 aromatic rings. The molecule has 1 aliphatic heterocycles. The smallest absolute Gasteiger partial charge is 0.236 e. The van der Waals surface area contributed by atoms with Crippen LogP contribution in [0.15, 0.2) is 34.3 Å². The number of carbonyl (C=O) groups is 3. The summed E-state index contributed by atoms with van der Waals surface area (Å²) in [6, 6.07) is 6.96. The van der Waals surface area contributed by atoms with Crippen LogP contribution in [-0.4, -0.2) is 43.8 Å². The Morgan fingerprint density at radius 2 is 1.54 bits per heavy atom. The number of thiazole rings is 2. The SMILES string of the molecule is O=C1C(=Nc2nc3c(s2)-c2sc(N=C4C(=O)C5CCCCC5C4=O)nc2C2(CCCCC2)O3)C(O)c2ccccc21. The number of aliphatic hydroxyl groups excluding tert-OH is 1. The number of ether oxygens (including phenoxy) is 1. The highest BCUT2D eigenvalue weighted by atomic mass is 32.1. The van der Waals surface area contributed by atoms with Crippen LogP contribution in [0.3, 0.4) is 0 Å². The molecule has 3 saturated carbocycles. The Labute approximate surface area is 243 Å². The molecule has 8 rings (SSSR count). The molecule has 4 aliphatic carbocycles. The van der Waals surface area contributed by atoms with Crippen molar-refractivity contribution in [2.24, 2.45) is 21.8 Å². The Morgan fingerprint density at radius 1 is 0.854 bits per heavy atom. The summed E-state index contributed by atoms with van der Waals surface area (Å²) < 4.78 is 6.59. The lowest BCUT2D eigenvalue weighted by molar-refractivity contribution is -0.120. The van der Waals surface area contributed by atoms with Crippen LogP contribution in [0.1, 0.15) is 85.5 Å². The van der Waals surface area contributed by atoms with Crippen molar-refractivity contribution in [3.63, 3.8) is 0 Å². The van der Waals surface area contributed by atoms with Gasteiger partial charge in [-0.05, 0) is 44.1 Å². The summed E-state index contributed by atoms with van der Waals surface area (Å²) in [5.74, 6) is -0.654. The number of aliphatic hydroxyl groups is 1. The van der Waals surface area contributed by atoms with Crippen LogP contribution in [0, 0.1) is 11.8 Å². The van der Waals surface area contributed by atoms with Gasteiger partial charge in [-0.25, -0.2) is 15.0 Å². The summed E-state index contributed by atoms with van der Waals surface area (Å²) in [4.78, 5) is 59.5. The average molecular weight is 587 g/mol. The van der Waals surface area contributed by atoms with Crippen molar-refractivity contribution in [1.29, 1.82) is 0 Å². The largest absolute Gasteiger partial charge is 0.463 e. The molecule has 2 aromatic heterocycles. The Balaban J connectivity index is 1.20. The molecule has 208 valence electrons. The van der Waals surface area contributed by atoms with E-state index in [1.165, 1.54) is 22.7 Å². The Kier molecular flexibility index (Phi) is 5.74. The molecule has 0 saturated heterocycles. The van der Waals surface area contributed by atoms with E-state index in [4.69, 9.17) is 9.72 Å². The van der Waals surface area contributed by atoms with Crippen molar-refractivity contribution < 1.29 is 24.2 Å². The van der Waals surface area contributed by atoms with Gasteiger partial charge in [0.05, 0.1) is 4.88 Å². The Hall–Kier alpha value is -3.41. The fraction of sp³-hybridized carbons (Fsp3) is 0.433. The van der Waals surface area contributed by atoms with Crippen molar-refractivity contribution in [2.45, 2.75) is 69.5 Å². The Morgan fingerprint density at radius 3 is 2.27 bits per heavy atom. The molecule has 1 aromatic carbocycles. The molecule has 9 nitrogen and oxygen atoms in total. The fourth-order valence-electron chi connectivity index (χ4n) is 7.07. The topological polar surface area (TPSA) is 131 Å². The van der Waals surface area contributed by atoms with Crippen LogP contribution in [0.5, 0.6) is 5.88 Å². The molecule has 0 radical (unpaired) electrons.